The first-order valence-corrected chi connectivity index (χ1v) is 5.45. The molecule has 1 aromatic rings. The summed E-state index contributed by atoms with van der Waals surface area (Å²) < 4.78 is 11.3. The molecule has 1 aromatic carbocycles. The van der Waals surface area contributed by atoms with E-state index < -0.39 is 17.2 Å². The number of ether oxygens (including phenoxy) is 2. The smallest absolute Gasteiger partial charge is 0.310 e. The van der Waals surface area contributed by atoms with Gasteiger partial charge in [0.05, 0.1) is 11.2 Å². The first-order valence-electron chi connectivity index (χ1n) is 5.45. The Balaban J connectivity index is 2.38. The third-order valence-corrected chi connectivity index (χ3v) is 3.38. The maximum absolute atomic E-state index is 10.4. The second-order valence-corrected chi connectivity index (χ2v) is 5.17. The Morgan fingerprint density at radius 1 is 0.875 bits per heavy atom. The molecule has 0 saturated carbocycles. The Morgan fingerprint density at radius 2 is 1.31 bits per heavy atom. The molecule has 1 aliphatic rings. The molecule has 1 heterocycles. The molecule has 0 aromatic heterocycles. The van der Waals surface area contributed by atoms with Crippen LogP contribution in [-0.4, -0.2) is 16.3 Å². The lowest BCUT2D eigenvalue weighted by Gasteiger charge is -2.29. The van der Waals surface area contributed by atoms with E-state index in [-0.39, 0.29) is 0 Å². The van der Waals surface area contributed by atoms with Crippen molar-refractivity contribution in [2.45, 2.75) is 44.9 Å². The molecule has 0 bridgehead atoms. The third kappa shape index (κ3) is 1.65. The van der Waals surface area contributed by atoms with E-state index in [2.05, 4.69) is 0 Å². The van der Waals surface area contributed by atoms with Crippen LogP contribution >= 0.6 is 0 Å². The van der Waals surface area contributed by atoms with Crippen molar-refractivity contribution >= 4 is 0 Å². The average Bonchev–Trinajstić information content (AvgIpc) is 2.33. The van der Waals surface area contributed by atoms with Gasteiger partial charge >= 0.3 is 5.97 Å². The maximum atomic E-state index is 10.4. The van der Waals surface area contributed by atoms with E-state index in [1.165, 1.54) is 0 Å². The minimum atomic E-state index is -1.64. The van der Waals surface area contributed by atoms with Crippen LogP contribution in [-0.2, 0) is 15.4 Å². The lowest BCUT2D eigenvalue weighted by Crippen LogP contribution is -2.41. The molecule has 3 heteroatoms. The summed E-state index contributed by atoms with van der Waals surface area (Å²) >= 11 is 0. The lowest BCUT2D eigenvalue weighted by atomic mass is 9.90. The minimum absolute atomic E-state index is 0.544. The molecule has 88 valence electrons. The zero-order valence-electron chi connectivity index (χ0n) is 10.2. The summed E-state index contributed by atoms with van der Waals surface area (Å²) in [6, 6.07) is 9.16. The third-order valence-electron chi connectivity index (χ3n) is 3.38. The van der Waals surface area contributed by atoms with Crippen molar-refractivity contribution in [3.8, 4) is 0 Å². The van der Waals surface area contributed by atoms with Gasteiger partial charge in [0.25, 0.3) is 0 Å². The molecular weight excluding hydrogens is 204 g/mol. The highest BCUT2D eigenvalue weighted by molar-refractivity contribution is 5.20. The van der Waals surface area contributed by atoms with Gasteiger partial charge in [-0.25, -0.2) is 0 Å². The number of rotatable bonds is 1. The lowest BCUT2D eigenvalue weighted by molar-refractivity contribution is -0.340. The molecule has 1 aliphatic heterocycles. The number of hydrogen-bond acceptors (Lipinski definition) is 3. The van der Waals surface area contributed by atoms with Crippen LogP contribution in [0.5, 0.6) is 0 Å². The maximum Gasteiger partial charge on any atom is 0.310 e. The van der Waals surface area contributed by atoms with Crippen LogP contribution in [0.2, 0.25) is 0 Å². The molecule has 1 saturated heterocycles. The molecule has 0 spiro atoms. The van der Waals surface area contributed by atoms with Gasteiger partial charge in [-0.1, -0.05) is 30.3 Å². The summed E-state index contributed by atoms with van der Waals surface area (Å²) in [7, 11) is 0. The monoisotopic (exact) mass is 222 g/mol. The molecule has 1 N–H and O–H groups in total. The highest BCUT2D eigenvalue weighted by Crippen LogP contribution is 2.47. The van der Waals surface area contributed by atoms with Crippen LogP contribution in [0.25, 0.3) is 0 Å². The second kappa shape index (κ2) is 3.29. The standard InChI is InChI=1S/C13H18O3/c1-11(2)12(3,4)16-13(14,15-11)10-8-6-5-7-9-10/h5-9,14H,1-4H3. The number of aliphatic hydroxyl groups is 1. The Bertz CT molecular complexity index is 365. The van der Waals surface area contributed by atoms with Gasteiger partial charge in [0.2, 0.25) is 0 Å². The van der Waals surface area contributed by atoms with Gasteiger partial charge in [0, 0.05) is 5.56 Å². The molecule has 0 unspecified atom stereocenters. The Morgan fingerprint density at radius 3 is 1.75 bits per heavy atom. The molecule has 0 radical (unpaired) electrons. The van der Waals surface area contributed by atoms with E-state index in [0.717, 1.165) is 0 Å². The van der Waals surface area contributed by atoms with Crippen molar-refractivity contribution in [1.82, 2.24) is 0 Å². The Kier molecular flexibility index (Phi) is 2.38. The first-order chi connectivity index (χ1) is 7.27. The Hall–Kier alpha value is -0.900. The van der Waals surface area contributed by atoms with Crippen LogP contribution in [0.4, 0.5) is 0 Å². The fourth-order valence-electron chi connectivity index (χ4n) is 1.72. The second-order valence-electron chi connectivity index (χ2n) is 5.17. The van der Waals surface area contributed by atoms with E-state index in [1.807, 2.05) is 45.9 Å². The molecule has 2 rings (SSSR count). The zero-order chi connectivity index (χ0) is 12.0. The van der Waals surface area contributed by atoms with E-state index in [4.69, 9.17) is 9.47 Å². The predicted octanol–water partition coefficient (Wildman–Crippen LogP) is 2.39. The summed E-state index contributed by atoms with van der Waals surface area (Å²) in [4.78, 5) is 0. The fraction of sp³-hybridized carbons (Fsp3) is 0.538. The fourth-order valence-corrected chi connectivity index (χ4v) is 1.72. The van der Waals surface area contributed by atoms with Crippen LogP contribution in [0.15, 0.2) is 30.3 Å². The largest absolute Gasteiger partial charge is 0.339 e. The first kappa shape index (κ1) is 11.6. The average molecular weight is 222 g/mol. The SMILES string of the molecule is CC1(C)OC(O)(c2ccccc2)OC1(C)C. The zero-order valence-corrected chi connectivity index (χ0v) is 10.2. The van der Waals surface area contributed by atoms with Gasteiger partial charge in [0.15, 0.2) is 0 Å². The summed E-state index contributed by atoms with van der Waals surface area (Å²) in [5, 5.41) is 10.4. The van der Waals surface area contributed by atoms with Crippen molar-refractivity contribution in [2.75, 3.05) is 0 Å². The topological polar surface area (TPSA) is 38.7 Å². The van der Waals surface area contributed by atoms with Gasteiger partial charge < -0.3 is 14.6 Å². The van der Waals surface area contributed by atoms with Gasteiger partial charge in [-0.15, -0.1) is 0 Å². The summed E-state index contributed by atoms with van der Waals surface area (Å²) in [5.74, 6) is -1.64. The van der Waals surface area contributed by atoms with Gasteiger partial charge in [0.1, 0.15) is 0 Å². The molecule has 1 fully saturated rings. The molecular formula is C13H18O3. The van der Waals surface area contributed by atoms with Gasteiger partial charge in [-0.2, -0.15) is 0 Å². The van der Waals surface area contributed by atoms with Crippen molar-refractivity contribution in [1.29, 1.82) is 0 Å². The van der Waals surface area contributed by atoms with Gasteiger partial charge in [-0.05, 0) is 27.7 Å². The van der Waals surface area contributed by atoms with Crippen molar-refractivity contribution in [3.05, 3.63) is 35.9 Å². The minimum Gasteiger partial charge on any atom is -0.339 e. The number of hydrogen-bond donors (Lipinski definition) is 1. The Labute approximate surface area is 96.0 Å². The van der Waals surface area contributed by atoms with Crippen LogP contribution < -0.4 is 0 Å². The van der Waals surface area contributed by atoms with Crippen LogP contribution in [0.1, 0.15) is 33.3 Å². The predicted molar refractivity (Wildman–Crippen MR) is 60.7 cm³/mol. The van der Waals surface area contributed by atoms with E-state index in [0.29, 0.717) is 5.56 Å². The summed E-state index contributed by atoms with van der Waals surface area (Å²) in [5.41, 5.74) is -0.469. The molecule has 16 heavy (non-hydrogen) atoms. The molecule has 0 atom stereocenters. The van der Waals surface area contributed by atoms with E-state index in [9.17, 15) is 5.11 Å². The summed E-state index contributed by atoms with van der Waals surface area (Å²) in [6.45, 7) is 7.64. The van der Waals surface area contributed by atoms with Crippen molar-refractivity contribution < 1.29 is 14.6 Å². The highest BCUT2D eigenvalue weighted by atomic mass is 16.9. The number of benzene rings is 1. The summed E-state index contributed by atoms with van der Waals surface area (Å²) in [6.07, 6.45) is 0. The molecule has 0 aliphatic carbocycles. The normalized spacial score (nSPS) is 25.6. The molecule has 3 nitrogen and oxygen atoms in total. The van der Waals surface area contributed by atoms with Crippen LogP contribution in [0.3, 0.4) is 0 Å². The van der Waals surface area contributed by atoms with Crippen molar-refractivity contribution in [3.63, 3.8) is 0 Å². The van der Waals surface area contributed by atoms with Crippen LogP contribution in [0, 0.1) is 0 Å². The van der Waals surface area contributed by atoms with Gasteiger partial charge in [-0.3, -0.25) is 0 Å². The molecule has 0 amide bonds. The van der Waals surface area contributed by atoms with E-state index >= 15 is 0 Å². The highest BCUT2D eigenvalue weighted by Gasteiger charge is 2.57. The van der Waals surface area contributed by atoms with E-state index in [1.54, 1.807) is 12.1 Å². The quantitative estimate of drug-likeness (QED) is 0.793. The van der Waals surface area contributed by atoms with Crippen molar-refractivity contribution in [2.24, 2.45) is 0 Å².